The first-order chi connectivity index (χ1) is 16.5. The number of amides is 2. The molecule has 178 valence electrons. The van der Waals surface area contributed by atoms with Crippen LogP contribution >= 0.6 is 0 Å². The fraction of sp³-hybridized carbons (Fsp3) is 0.444. The van der Waals surface area contributed by atoms with Crippen LogP contribution in [-0.4, -0.2) is 53.2 Å². The second-order valence-corrected chi connectivity index (χ2v) is 9.55. The molecule has 2 N–H and O–H groups in total. The number of alkyl carbamates (subject to hydrolysis) is 1. The molecule has 1 saturated carbocycles. The van der Waals surface area contributed by atoms with Gasteiger partial charge in [-0.15, -0.1) is 0 Å². The molecule has 0 aromatic heterocycles. The van der Waals surface area contributed by atoms with Crippen molar-refractivity contribution in [3.63, 3.8) is 0 Å². The molecule has 1 saturated heterocycles. The summed E-state index contributed by atoms with van der Waals surface area (Å²) in [7, 11) is 0. The van der Waals surface area contributed by atoms with E-state index in [9.17, 15) is 19.5 Å². The molecule has 3 aliphatic rings. The van der Waals surface area contributed by atoms with Crippen molar-refractivity contribution in [1.29, 1.82) is 0 Å². The molecule has 1 unspecified atom stereocenters. The third-order valence-corrected chi connectivity index (χ3v) is 7.34. The maximum Gasteiger partial charge on any atom is 0.407 e. The highest BCUT2D eigenvalue weighted by atomic mass is 16.5. The molecule has 2 aromatic carbocycles. The van der Waals surface area contributed by atoms with E-state index < -0.39 is 18.1 Å². The summed E-state index contributed by atoms with van der Waals surface area (Å²) in [6, 6.07) is 15.3. The first-order valence-corrected chi connectivity index (χ1v) is 12.2. The maximum absolute atomic E-state index is 12.9. The summed E-state index contributed by atoms with van der Waals surface area (Å²) in [6.07, 6.45) is 3.58. The molecule has 1 aliphatic heterocycles. The lowest BCUT2D eigenvalue weighted by Crippen LogP contribution is -2.50. The molecule has 0 radical (unpaired) electrons. The van der Waals surface area contributed by atoms with Gasteiger partial charge in [-0.2, -0.15) is 0 Å². The van der Waals surface area contributed by atoms with Crippen molar-refractivity contribution in [2.24, 2.45) is 5.92 Å². The molecule has 1 heterocycles. The van der Waals surface area contributed by atoms with Crippen molar-refractivity contribution in [2.45, 2.75) is 56.5 Å². The number of piperidine rings is 1. The summed E-state index contributed by atoms with van der Waals surface area (Å²) in [5.41, 5.74) is 4.64. The number of rotatable bonds is 7. The van der Waals surface area contributed by atoms with Gasteiger partial charge in [0, 0.05) is 24.9 Å². The molecular weight excluding hydrogens is 432 g/mol. The second kappa shape index (κ2) is 9.49. The van der Waals surface area contributed by atoms with Crippen LogP contribution in [0.1, 0.15) is 55.6 Å². The van der Waals surface area contributed by atoms with Crippen LogP contribution in [-0.2, 0) is 14.3 Å². The van der Waals surface area contributed by atoms with Crippen LogP contribution in [0.3, 0.4) is 0 Å². The van der Waals surface area contributed by atoms with E-state index in [0.29, 0.717) is 13.0 Å². The minimum absolute atomic E-state index is 0.0242. The minimum Gasteiger partial charge on any atom is -0.480 e. The van der Waals surface area contributed by atoms with Gasteiger partial charge in [-0.1, -0.05) is 48.5 Å². The van der Waals surface area contributed by atoms with E-state index in [2.05, 4.69) is 29.6 Å². The first-order valence-electron chi connectivity index (χ1n) is 12.2. The van der Waals surface area contributed by atoms with Crippen molar-refractivity contribution in [2.75, 3.05) is 13.2 Å². The molecule has 2 atom stereocenters. The maximum atomic E-state index is 12.9. The molecule has 34 heavy (non-hydrogen) atoms. The monoisotopic (exact) mass is 462 g/mol. The van der Waals surface area contributed by atoms with Gasteiger partial charge < -0.3 is 20.1 Å². The van der Waals surface area contributed by atoms with Crippen molar-refractivity contribution in [1.82, 2.24) is 10.2 Å². The topological polar surface area (TPSA) is 95.9 Å². The highest BCUT2D eigenvalue weighted by Gasteiger charge is 2.38. The van der Waals surface area contributed by atoms with Gasteiger partial charge in [0.15, 0.2) is 0 Å². The fourth-order valence-corrected chi connectivity index (χ4v) is 5.42. The van der Waals surface area contributed by atoms with Crippen LogP contribution in [0.5, 0.6) is 0 Å². The Kier molecular flexibility index (Phi) is 6.26. The van der Waals surface area contributed by atoms with E-state index in [-0.39, 0.29) is 36.8 Å². The molecule has 0 bridgehead atoms. The van der Waals surface area contributed by atoms with Crippen molar-refractivity contribution < 1.29 is 24.2 Å². The number of fused-ring (bicyclic) bond motifs is 3. The highest BCUT2D eigenvalue weighted by molar-refractivity contribution is 5.84. The van der Waals surface area contributed by atoms with E-state index >= 15 is 0 Å². The Balaban J connectivity index is 1.21. The van der Waals surface area contributed by atoms with Crippen LogP contribution in [0.4, 0.5) is 4.79 Å². The Morgan fingerprint density at radius 3 is 2.24 bits per heavy atom. The number of aliphatic carboxylic acids is 1. The number of hydrogen-bond donors (Lipinski definition) is 2. The molecule has 0 spiro atoms. The highest BCUT2D eigenvalue weighted by Crippen LogP contribution is 2.44. The second-order valence-electron chi connectivity index (χ2n) is 9.55. The molecule has 2 aromatic rings. The zero-order valence-electron chi connectivity index (χ0n) is 19.1. The lowest BCUT2D eigenvalue weighted by atomic mass is 9.98. The van der Waals surface area contributed by atoms with Crippen molar-refractivity contribution in [3.8, 4) is 11.1 Å². The lowest BCUT2D eigenvalue weighted by molar-refractivity contribution is -0.152. The van der Waals surface area contributed by atoms with Gasteiger partial charge >= 0.3 is 12.1 Å². The van der Waals surface area contributed by atoms with Gasteiger partial charge in [0.1, 0.15) is 12.6 Å². The summed E-state index contributed by atoms with van der Waals surface area (Å²) in [5.74, 6) is -0.954. The molecule has 7 nitrogen and oxygen atoms in total. The van der Waals surface area contributed by atoms with Crippen molar-refractivity contribution in [3.05, 3.63) is 59.7 Å². The summed E-state index contributed by atoms with van der Waals surface area (Å²) in [5, 5.41) is 12.4. The van der Waals surface area contributed by atoms with Crippen LogP contribution in [0.2, 0.25) is 0 Å². The number of carboxylic acid groups (broad SMARTS) is 1. The standard InChI is InChI=1S/C27H30N2O5/c30-25(29-14-6-5-11-24(29)26(31)32)15-23(17-12-13-17)28-27(33)34-16-22-20-9-3-1-7-18(20)19-8-2-4-10-21(19)22/h1-4,7-10,17,22-24H,5-6,11-16H2,(H,28,33)(H,31,32)/t23?,24-/m0/s1. The first kappa shape index (κ1) is 22.4. The predicted molar refractivity (Wildman–Crippen MR) is 126 cm³/mol. The SMILES string of the molecule is O=C(NC(CC(=O)N1CCCC[C@H]1C(=O)O)C1CC1)OCC1c2ccccc2-c2ccccc21. The van der Waals surface area contributed by atoms with Crippen LogP contribution < -0.4 is 5.32 Å². The Hall–Kier alpha value is -3.35. The summed E-state index contributed by atoms with van der Waals surface area (Å²) in [6.45, 7) is 0.677. The van der Waals surface area contributed by atoms with Crippen LogP contribution in [0.25, 0.3) is 11.1 Å². The minimum atomic E-state index is -0.958. The number of carboxylic acids is 1. The average molecular weight is 463 g/mol. The zero-order chi connectivity index (χ0) is 23.7. The summed E-state index contributed by atoms with van der Waals surface area (Å²) >= 11 is 0. The summed E-state index contributed by atoms with van der Waals surface area (Å²) in [4.78, 5) is 38.7. The quantitative estimate of drug-likeness (QED) is 0.644. The van der Waals surface area contributed by atoms with Crippen LogP contribution in [0, 0.1) is 5.92 Å². The smallest absolute Gasteiger partial charge is 0.407 e. The Morgan fingerprint density at radius 1 is 0.971 bits per heavy atom. The van der Waals surface area contributed by atoms with E-state index in [1.54, 1.807) is 0 Å². The third-order valence-electron chi connectivity index (χ3n) is 7.34. The number of nitrogens with zero attached hydrogens (tertiary/aromatic N) is 1. The van der Waals surface area contributed by atoms with Gasteiger partial charge in [0.05, 0.1) is 0 Å². The number of likely N-dealkylation sites (tertiary alicyclic amines) is 1. The molecule has 2 aliphatic carbocycles. The van der Waals surface area contributed by atoms with Gasteiger partial charge in [-0.05, 0) is 60.3 Å². The molecule has 2 fully saturated rings. The number of carbonyl (C=O) groups is 3. The molecule has 5 rings (SSSR count). The van der Waals surface area contributed by atoms with E-state index in [0.717, 1.165) is 36.8 Å². The summed E-state index contributed by atoms with van der Waals surface area (Å²) < 4.78 is 5.67. The zero-order valence-corrected chi connectivity index (χ0v) is 19.1. The lowest BCUT2D eigenvalue weighted by Gasteiger charge is -2.34. The normalized spacial score (nSPS) is 20.2. The van der Waals surface area contributed by atoms with E-state index in [1.807, 2.05) is 24.3 Å². The molecule has 2 amide bonds. The molecule has 7 heteroatoms. The van der Waals surface area contributed by atoms with E-state index in [1.165, 1.54) is 16.0 Å². The Labute approximate surface area is 199 Å². The van der Waals surface area contributed by atoms with Gasteiger partial charge in [-0.25, -0.2) is 9.59 Å². The number of nitrogens with one attached hydrogen (secondary N) is 1. The predicted octanol–water partition coefficient (Wildman–Crippen LogP) is 4.16. The number of ether oxygens (including phenoxy) is 1. The van der Waals surface area contributed by atoms with Gasteiger partial charge in [-0.3, -0.25) is 4.79 Å². The van der Waals surface area contributed by atoms with E-state index in [4.69, 9.17) is 4.74 Å². The number of benzene rings is 2. The average Bonchev–Trinajstić information content (AvgIpc) is 3.65. The Bertz CT molecular complexity index is 1050. The van der Waals surface area contributed by atoms with Crippen LogP contribution in [0.15, 0.2) is 48.5 Å². The van der Waals surface area contributed by atoms with Gasteiger partial charge in [0.25, 0.3) is 0 Å². The fourth-order valence-electron chi connectivity index (χ4n) is 5.42. The van der Waals surface area contributed by atoms with Gasteiger partial charge in [0.2, 0.25) is 5.91 Å². The third kappa shape index (κ3) is 4.52. The number of carbonyl (C=O) groups excluding carboxylic acids is 2. The molecular formula is C27H30N2O5. The number of hydrogen-bond acceptors (Lipinski definition) is 4. The Morgan fingerprint density at radius 2 is 1.62 bits per heavy atom. The van der Waals surface area contributed by atoms with Crippen molar-refractivity contribution >= 4 is 18.0 Å². The largest absolute Gasteiger partial charge is 0.480 e.